The molecule has 4 unspecified atom stereocenters. The van der Waals surface area contributed by atoms with Gasteiger partial charge in [0.2, 0.25) is 0 Å². The average molecular weight is 209 g/mol. The number of methoxy groups -OCH3 is 1. The molecular weight excluding hydrogens is 186 g/mol. The Kier molecular flexibility index (Phi) is 3.47. The maximum absolute atomic E-state index is 5.27. The van der Waals surface area contributed by atoms with E-state index in [0.29, 0.717) is 18.0 Å². The molecule has 0 radical (unpaired) electrons. The molecule has 0 aromatic heterocycles. The molecule has 2 aliphatic carbocycles. The van der Waals surface area contributed by atoms with Crippen molar-refractivity contribution in [2.45, 2.75) is 38.8 Å². The summed E-state index contributed by atoms with van der Waals surface area (Å²) >= 11 is 0. The molecule has 2 aliphatic rings. The number of ether oxygens (including phenoxy) is 1. The molecule has 0 amide bonds. The number of fused-ring (bicyclic) bond motifs is 1. The highest BCUT2D eigenvalue weighted by Gasteiger charge is 2.41. The first-order valence-electron chi connectivity index (χ1n) is 6.14. The molecule has 2 heteroatoms. The van der Waals surface area contributed by atoms with Gasteiger partial charge in [-0.2, -0.15) is 0 Å². The number of hydrogen-bond acceptors (Lipinski definition) is 2. The van der Waals surface area contributed by atoms with Gasteiger partial charge in [-0.1, -0.05) is 26.0 Å². The van der Waals surface area contributed by atoms with Gasteiger partial charge < -0.3 is 10.1 Å². The van der Waals surface area contributed by atoms with Gasteiger partial charge in [0, 0.05) is 19.2 Å². The lowest BCUT2D eigenvalue weighted by atomic mass is 9.71. The summed E-state index contributed by atoms with van der Waals surface area (Å²) in [7, 11) is 1.79. The first-order chi connectivity index (χ1) is 7.22. The quantitative estimate of drug-likeness (QED) is 0.701. The van der Waals surface area contributed by atoms with E-state index in [9.17, 15) is 0 Å². The molecule has 1 fully saturated rings. The number of nitrogens with one attached hydrogen (secondary N) is 1. The average Bonchev–Trinajstić information content (AvgIpc) is 2.54. The highest BCUT2D eigenvalue weighted by atomic mass is 16.5. The minimum absolute atomic E-state index is 0.509. The van der Waals surface area contributed by atoms with Crippen molar-refractivity contribution in [3.05, 3.63) is 12.2 Å². The predicted molar refractivity (Wildman–Crippen MR) is 62.8 cm³/mol. The number of allylic oxidation sites excluding steroid dienone is 1. The zero-order valence-electron chi connectivity index (χ0n) is 10.1. The molecule has 0 aliphatic heterocycles. The summed E-state index contributed by atoms with van der Waals surface area (Å²) in [4.78, 5) is 0. The second-order valence-electron chi connectivity index (χ2n) is 5.32. The third-order valence-corrected chi connectivity index (χ3v) is 3.94. The van der Waals surface area contributed by atoms with E-state index in [-0.39, 0.29) is 0 Å². The fourth-order valence-corrected chi connectivity index (χ4v) is 2.79. The Morgan fingerprint density at radius 2 is 2.27 bits per heavy atom. The van der Waals surface area contributed by atoms with Gasteiger partial charge in [-0.15, -0.1) is 0 Å². The summed E-state index contributed by atoms with van der Waals surface area (Å²) in [5.41, 5.74) is 0. The fourth-order valence-electron chi connectivity index (χ4n) is 2.79. The number of rotatable bonds is 5. The lowest BCUT2D eigenvalue weighted by Gasteiger charge is -2.43. The minimum atomic E-state index is 0.509. The Bertz CT molecular complexity index is 237. The van der Waals surface area contributed by atoms with Gasteiger partial charge in [-0.25, -0.2) is 0 Å². The van der Waals surface area contributed by atoms with Crippen LogP contribution in [0.3, 0.4) is 0 Å². The second-order valence-corrected chi connectivity index (χ2v) is 5.32. The molecule has 0 bridgehead atoms. The van der Waals surface area contributed by atoms with Crippen LogP contribution >= 0.6 is 0 Å². The van der Waals surface area contributed by atoms with Gasteiger partial charge in [0.15, 0.2) is 0 Å². The topological polar surface area (TPSA) is 21.3 Å². The van der Waals surface area contributed by atoms with Crippen molar-refractivity contribution in [1.29, 1.82) is 0 Å². The second kappa shape index (κ2) is 4.67. The summed E-state index contributed by atoms with van der Waals surface area (Å²) in [6.45, 7) is 5.35. The van der Waals surface area contributed by atoms with Crippen LogP contribution < -0.4 is 5.32 Å². The molecule has 1 saturated carbocycles. The van der Waals surface area contributed by atoms with Gasteiger partial charge in [-0.05, 0) is 30.6 Å². The van der Waals surface area contributed by atoms with E-state index in [1.54, 1.807) is 7.11 Å². The van der Waals surface area contributed by atoms with E-state index in [0.717, 1.165) is 18.4 Å². The highest BCUT2D eigenvalue weighted by molar-refractivity contribution is 5.13. The third kappa shape index (κ3) is 2.26. The zero-order valence-corrected chi connectivity index (χ0v) is 10.1. The molecule has 15 heavy (non-hydrogen) atoms. The molecular formula is C13H23NO. The van der Waals surface area contributed by atoms with Gasteiger partial charge in [0.25, 0.3) is 0 Å². The number of hydrogen-bond donors (Lipinski definition) is 1. The van der Waals surface area contributed by atoms with E-state index >= 15 is 0 Å². The monoisotopic (exact) mass is 209 g/mol. The molecule has 86 valence electrons. The third-order valence-electron chi connectivity index (χ3n) is 3.94. The van der Waals surface area contributed by atoms with E-state index in [2.05, 4.69) is 31.3 Å². The van der Waals surface area contributed by atoms with Crippen molar-refractivity contribution in [2.75, 3.05) is 13.7 Å². The minimum Gasteiger partial charge on any atom is -0.383 e. The lowest BCUT2D eigenvalue weighted by molar-refractivity contribution is 0.0950. The van der Waals surface area contributed by atoms with E-state index in [1.807, 2.05) is 0 Å². The molecule has 0 saturated heterocycles. The molecule has 0 aromatic carbocycles. The lowest BCUT2D eigenvalue weighted by Crippen LogP contribution is -2.54. The van der Waals surface area contributed by atoms with Crippen LogP contribution in [0.25, 0.3) is 0 Å². The zero-order chi connectivity index (χ0) is 10.8. The molecule has 0 heterocycles. The van der Waals surface area contributed by atoms with Gasteiger partial charge in [0.1, 0.15) is 0 Å². The van der Waals surface area contributed by atoms with Crippen LogP contribution in [-0.2, 0) is 4.74 Å². The van der Waals surface area contributed by atoms with Crippen LogP contribution in [0, 0.1) is 17.8 Å². The van der Waals surface area contributed by atoms with Crippen LogP contribution in [0.4, 0.5) is 0 Å². The summed E-state index contributed by atoms with van der Waals surface area (Å²) in [5.74, 6) is 2.40. The maximum Gasteiger partial charge on any atom is 0.0618 e. The normalized spacial score (nSPS) is 35.3. The Balaban J connectivity index is 1.82. The smallest absolute Gasteiger partial charge is 0.0618 e. The van der Waals surface area contributed by atoms with Crippen LogP contribution in [0.15, 0.2) is 12.2 Å². The van der Waals surface area contributed by atoms with Crippen molar-refractivity contribution >= 4 is 0 Å². The van der Waals surface area contributed by atoms with Crippen molar-refractivity contribution in [3.63, 3.8) is 0 Å². The van der Waals surface area contributed by atoms with Crippen molar-refractivity contribution in [2.24, 2.45) is 17.8 Å². The molecule has 1 N–H and O–H groups in total. The van der Waals surface area contributed by atoms with E-state index in [4.69, 9.17) is 4.74 Å². The van der Waals surface area contributed by atoms with Gasteiger partial charge in [-0.3, -0.25) is 0 Å². The summed E-state index contributed by atoms with van der Waals surface area (Å²) in [5, 5.41) is 3.75. The Morgan fingerprint density at radius 1 is 1.47 bits per heavy atom. The van der Waals surface area contributed by atoms with Crippen LogP contribution in [0.5, 0.6) is 0 Å². The SMILES string of the molecule is COCC(NC1CC2CC=CC21)C(C)C. The van der Waals surface area contributed by atoms with Crippen LogP contribution in [0.2, 0.25) is 0 Å². The van der Waals surface area contributed by atoms with Crippen molar-refractivity contribution < 1.29 is 4.74 Å². The first kappa shape index (κ1) is 11.2. The van der Waals surface area contributed by atoms with Gasteiger partial charge >= 0.3 is 0 Å². The fraction of sp³-hybridized carbons (Fsp3) is 0.846. The Hall–Kier alpha value is -0.340. The van der Waals surface area contributed by atoms with E-state index < -0.39 is 0 Å². The summed E-state index contributed by atoms with van der Waals surface area (Å²) in [6, 6.07) is 1.21. The summed E-state index contributed by atoms with van der Waals surface area (Å²) < 4.78 is 5.27. The highest BCUT2D eigenvalue weighted by Crippen LogP contribution is 2.42. The van der Waals surface area contributed by atoms with Crippen molar-refractivity contribution in [3.8, 4) is 0 Å². The molecule has 2 nitrogen and oxygen atoms in total. The Morgan fingerprint density at radius 3 is 2.87 bits per heavy atom. The predicted octanol–water partition coefficient (Wildman–Crippen LogP) is 2.21. The van der Waals surface area contributed by atoms with Crippen LogP contribution in [0.1, 0.15) is 26.7 Å². The molecule has 4 atom stereocenters. The summed E-state index contributed by atoms with van der Waals surface area (Å²) in [6.07, 6.45) is 7.40. The largest absolute Gasteiger partial charge is 0.383 e. The first-order valence-corrected chi connectivity index (χ1v) is 6.14. The van der Waals surface area contributed by atoms with Crippen LogP contribution in [-0.4, -0.2) is 25.8 Å². The standard InChI is InChI=1S/C13H23NO/c1-9(2)13(8-15-3)14-12-7-10-5-4-6-11(10)12/h4,6,9-14H,5,7-8H2,1-3H3. The molecule has 2 rings (SSSR count). The van der Waals surface area contributed by atoms with E-state index in [1.165, 1.54) is 12.8 Å². The Labute approximate surface area is 93.1 Å². The maximum atomic E-state index is 5.27. The molecule has 0 spiro atoms. The molecule has 0 aromatic rings. The van der Waals surface area contributed by atoms with Crippen molar-refractivity contribution in [1.82, 2.24) is 5.32 Å². The van der Waals surface area contributed by atoms with Gasteiger partial charge in [0.05, 0.1) is 6.61 Å².